The van der Waals surface area contributed by atoms with Crippen molar-refractivity contribution in [3.05, 3.63) is 0 Å². The standard InChI is InChI=1S/C12H21NO2/c1-7(2)9-5-10(12(14)15)11(13-6-9)8-3-4-8/h7-11,13H,3-6H2,1-2H3,(H,14,15). The maximum Gasteiger partial charge on any atom is 0.308 e. The number of nitrogens with one attached hydrogen (secondary N) is 1. The Bertz CT molecular complexity index is 248. The first-order valence-electron chi connectivity index (χ1n) is 6.05. The van der Waals surface area contributed by atoms with Gasteiger partial charge in [0, 0.05) is 6.04 Å². The lowest BCUT2D eigenvalue weighted by molar-refractivity contribution is -0.144. The molecule has 2 aliphatic rings. The molecule has 0 amide bonds. The first-order valence-corrected chi connectivity index (χ1v) is 6.05. The molecule has 1 aliphatic carbocycles. The summed E-state index contributed by atoms with van der Waals surface area (Å²) >= 11 is 0. The second kappa shape index (κ2) is 4.12. The van der Waals surface area contributed by atoms with Crippen LogP contribution in [0.3, 0.4) is 0 Å². The number of carbonyl (C=O) groups is 1. The van der Waals surface area contributed by atoms with Crippen LogP contribution in [0.2, 0.25) is 0 Å². The fraction of sp³-hybridized carbons (Fsp3) is 0.917. The van der Waals surface area contributed by atoms with E-state index in [1.165, 1.54) is 12.8 Å². The Morgan fingerprint density at radius 2 is 2.07 bits per heavy atom. The third-order valence-electron chi connectivity index (χ3n) is 4.00. The van der Waals surface area contributed by atoms with Crippen LogP contribution in [0, 0.1) is 23.7 Å². The second-order valence-electron chi connectivity index (χ2n) is 5.46. The monoisotopic (exact) mass is 211 g/mol. The molecule has 0 aromatic carbocycles. The smallest absolute Gasteiger partial charge is 0.308 e. The van der Waals surface area contributed by atoms with Gasteiger partial charge >= 0.3 is 5.97 Å². The Labute approximate surface area is 91.2 Å². The highest BCUT2D eigenvalue weighted by Gasteiger charge is 2.43. The van der Waals surface area contributed by atoms with Crippen LogP contribution in [0.1, 0.15) is 33.1 Å². The Kier molecular flexibility index (Phi) is 3.01. The van der Waals surface area contributed by atoms with E-state index in [0.29, 0.717) is 17.8 Å². The van der Waals surface area contributed by atoms with E-state index in [9.17, 15) is 9.90 Å². The van der Waals surface area contributed by atoms with E-state index in [2.05, 4.69) is 19.2 Å². The Balaban J connectivity index is 2.01. The van der Waals surface area contributed by atoms with Crippen LogP contribution < -0.4 is 5.32 Å². The van der Waals surface area contributed by atoms with E-state index < -0.39 is 5.97 Å². The van der Waals surface area contributed by atoms with E-state index in [-0.39, 0.29) is 12.0 Å². The molecule has 3 heteroatoms. The molecule has 2 rings (SSSR count). The molecule has 3 nitrogen and oxygen atoms in total. The normalized spacial score (nSPS) is 36.9. The summed E-state index contributed by atoms with van der Waals surface area (Å²) in [5.74, 6) is 0.989. The number of rotatable bonds is 3. The zero-order valence-electron chi connectivity index (χ0n) is 9.57. The predicted molar refractivity (Wildman–Crippen MR) is 58.6 cm³/mol. The van der Waals surface area contributed by atoms with Crippen molar-refractivity contribution in [1.29, 1.82) is 0 Å². The molecule has 0 aromatic rings. The largest absolute Gasteiger partial charge is 0.481 e. The minimum Gasteiger partial charge on any atom is -0.481 e. The Morgan fingerprint density at radius 1 is 1.40 bits per heavy atom. The molecule has 0 aromatic heterocycles. The van der Waals surface area contributed by atoms with Crippen LogP contribution in [0.5, 0.6) is 0 Å². The quantitative estimate of drug-likeness (QED) is 0.747. The minimum atomic E-state index is -0.607. The lowest BCUT2D eigenvalue weighted by atomic mass is 9.78. The summed E-state index contributed by atoms with van der Waals surface area (Å²) in [5.41, 5.74) is 0. The first-order chi connectivity index (χ1) is 7.09. The molecule has 0 radical (unpaired) electrons. The summed E-state index contributed by atoms with van der Waals surface area (Å²) in [6, 6.07) is 0.248. The Morgan fingerprint density at radius 3 is 2.53 bits per heavy atom. The molecule has 86 valence electrons. The van der Waals surface area contributed by atoms with Gasteiger partial charge in [-0.05, 0) is 43.6 Å². The molecule has 2 fully saturated rings. The number of carboxylic acids is 1. The first kappa shape index (κ1) is 10.9. The van der Waals surface area contributed by atoms with Gasteiger partial charge in [0.05, 0.1) is 5.92 Å². The highest BCUT2D eigenvalue weighted by atomic mass is 16.4. The fourth-order valence-corrected chi connectivity index (χ4v) is 2.70. The van der Waals surface area contributed by atoms with Crippen molar-refractivity contribution in [2.24, 2.45) is 23.7 Å². The van der Waals surface area contributed by atoms with Gasteiger partial charge in [-0.25, -0.2) is 0 Å². The maximum absolute atomic E-state index is 11.2. The van der Waals surface area contributed by atoms with Gasteiger partial charge in [-0.1, -0.05) is 13.8 Å². The van der Waals surface area contributed by atoms with E-state index in [4.69, 9.17) is 0 Å². The molecule has 0 spiro atoms. The van der Waals surface area contributed by atoms with Crippen LogP contribution in [-0.4, -0.2) is 23.7 Å². The van der Waals surface area contributed by atoms with Gasteiger partial charge in [0.1, 0.15) is 0 Å². The highest BCUT2D eigenvalue weighted by Crippen LogP contribution is 2.40. The summed E-state index contributed by atoms with van der Waals surface area (Å²) in [6.07, 6.45) is 3.29. The Hall–Kier alpha value is -0.570. The summed E-state index contributed by atoms with van der Waals surface area (Å²) < 4.78 is 0. The van der Waals surface area contributed by atoms with Crippen molar-refractivity contribution in [1.82, 2.24) is 5.32 Å². The number of carboxylic acid groups (broad SMARTS) is 1. The van der Waals surface area contributed by atoms with E-state index >= 15 is 0 Å². The average Bonchev–Trinajstić information content (AvgIpc) is 2.99. The van der Waals surface area contributed by atoms with Crippen LogP contribution in [0.4, 0.5) is 0 Å². The molecular weight excluding hydrogens is 190 g/mol. The van der Waals surface area contributed by atoms with Crippen LogP contribution in [-0.2, 0) is 4.79 Å². The molecule has 2 N–H and O–H groups in total. The van der Waals surface area contributed by atoms with Gasteiger partial charge < -0.3 is 10.4 Å². The van der Waals surface area contributed by atoms with E-state index in [1.807, 2.05) is 0 Å². The van der Waals surface area contributed by atoms with Gasteiger partial charge in [-0.3, -0.25) is 4.79 Å². The van der Waals surface area contributed by atoms with Crippen molar-refractivity contribution in [3.63, 3.8) is 0 Å². The third kappa shape index (κ3) is 2.33. The van der Waals surface area contributed by atoms with Gasteiger partial charge in [0.2, 0.25) is 0 Å². The molecule has 1 saturated carbocycles. The number of hydrogen-bond donors (Lipinski definition) is 2. The number of hydrogen-bond acceptors (Lipinski definition) is 2. The molecule has 0 bridgehead atoms. The van der Waals surface area contributed by atoms with Crippen molar-refractivity contribution >= 4 is 5.97 Å². The average molecular weight is 211 g/mol. The lowest BCUT2D eigenvalue weighted by Gasteiger charge is -2.37. The molecule has 1 aliphatic heterocycles. The fourth-order valence-electron chi connectivity index (χ4n) is 2.70. The molecule has 1 heterocycles. The molecule has 3 atom stereocenters. The van der Waals surface area contributed by atoms with Crippen molar-refractivity contribution < 1.29 is 9.90 Å². The third-order valence-corrected chi connectivity index (χ3v) is 4.00. The maximum atomic E-state index is 11.2. The molecule has 15 heavy (non-hydrogen) atoms. The highest BCUT2D eigenvalue weighted by molar-refractivity contribution is 5.71. The van der Waals surface area contributed by atoms with Crippen molar-refractivity contribution in [3.8, 4) is 0 Å². The van der Waals surface area contributed by atoms with E-state index in [0.717, 1.165) is 13.0 Å². The zero-order valence-corrected chi connectivity index (χ0v) is 9.57. The topological polar surface area (TPSA) is 49.3 Å². The van der Waals surface area contributed by atoms with Gasteiger partial charge in [-0.15, -0.1) is 0 Å². The molecular formula is C12H21NO2. The van der Waals surface area contributed by atoms with Gasteiger partial charge in [-0.2, -0.15) is 0 Å². The summed E-state index contributed by atoms with van der Waals surface area (Å²) in [4.78, 5) is 11.2. The SMILES string of the molecule is CC(C)C1CNC(C2CC2)C(C(=O)O)C1. The molecule has 1 saturated heterocycles. The van der Waals surface area contributed by atoms with Gasteiger partial charge in [0.15, 0.2) is 0 Å². The number of aliphatic carboxylic acids is 1. The van der Waals surface area contributed by atoms with Crippen LogP contribution in [0.15, 0.2) is 0 Å². The number of piperidine rings is 1. The van der Waals surface area contributed by atoms with Crippen molar-refractivity contribution in [2.75, 3.05) is 6.54 Å². The lowest BCUT2D eigenvalue weighted by Crippen LogP contribution is -2.50. The zero-order chi connectivity index (χ0) is 11.0. The summed E-state index contributed by atoms with van der Waals surface area (Å²) in [7, 11) is 0. The predicted octanol–water partition coefficient (Wildman–Crippen LogP) is 1.73. The van der Waals surface area contributed by atoms with E-state index in [1.54, 1.807) is 0 Å². The van der Waals surface area contributed by atoms with Crippen LogP contribution in [0.25, 0.3) is 0 Å². The molecule has 3 unspecified atom stereocenters. The summed E-state index contributed by atoms with van der Waals surface area (Å²) in [5, 5.41) is 12.7. The van der Waals surface area contributed by atoms with Crippen molar-refractivity contribution in [2.45, 2.75) is 39.2 Å². The second-order valence-corrected chi connectivity index (χ2v) is 5.46. The van der Waals surface area contributed by atoms with Gasteiger partial charge in [0.25, 0.3) is 0 Å². The summed E-state index contributed by atoms with van der Waals surface area (Å²) in [6.45, 7) is 5.37. The minimum absolute atomic E-state index is 0.154. The van der Waals surface area contributed by atoms with Crippen LogP contribution >= 0.6 is 0 Å².